The summed E-state index contributed by atoms with van der Waals surface area (Å²) in [5.41, 5.74) is 5.29. The van der Waals surface area contributed by atoms with E-state index in [1.807, 2.05) is 48.6 Å². The van der Waals surface area contributed by atoms with Gasteiger partial charge >= 0.3 is 0 Å². The van der Waals surface area contributed by atoms with Crippen LogP contribution in [0, 0.1) is 0 Å². The molecular weight excluding hydrogens is 374 g/mol. The smallest absolute Gasteiger partial charge is 0.251 e. The lowest BCUT2D eigenvalue weighted by atomic mass is 10.1. The minimum Gasteiger partial charge on any atom is -0.493 e. The number of benzene rings is 2. The van der Waals surface area contributed by atoms with Crippen LogP contribution in [0.1, 0.15) is 21.6 Å². The molecule has 0 unspecified atom stereocenters. The summed E-state index contributed by atoms with van der Waals surface area (Å²) >= 11 is 1.52. The van der Waals surface area contributed by atoms with Gasteiger partial charge in [0.25, 0.3) is 5.91 Å². The minimum atomic E-state index is -0.166. The standard InChI is InChI=1S/C21H23N3O3S/c1-24(2)18-7-4-15(5-8-18)11-22-21(25)16-6-9-19(20(10-16)26-3)27-12-17-13-28-14-23-17/h4-10,13-14H,11-12H2,1-3H3,(H,22,25). The Morgan fingerprint density at radius 3 is 2.57 bits per heavy atom. The number of thiazole rings is 1. The van der Waals surface area contributed by atoms with Gasteiger partial charge in [-0.2, -0.15) is 0 Å². The number of nitrogens with one attached hydrogen (secondary N) is 1. The molecular formula is C21H23N3O3S. The third-order valence-electron chi connectivity index (χ3n) is 4.19. The number of hydrogen-bond acceptors (Lipinski definition) is 6. The molecule has 3 rings (SSSR count). The van der Waals surface area contributed by atoms with Crippen LogP contribution in [0.4, 0.5) is 5.69 Å². The summed E-state index contributed by atoms with van der Waals surface area (Å²) in [6.45, 7) is 0.811. The van der Waals surface area contributed by atoms with Gasteiger partial charge in [-0.05, 0) is 35.9 Å². The molecule has 0 aliphatic rings. The lowest BCUT2D eigenvalue weighted by molar-refractivity contribution is 0.0950. The molecule has 1 N–H and O–H groups in total. The fourth-order valence-electron chi connectivity index (χ4n) is 2.58. The van der Waals surface area contributed by atoms with Crippen LogP contribution in [0.25, 0.3) is 0 Å². The summed E-state index contributed by atoms with van der Waals surface area (Å²) < 4.78 is 11.1. The van der Waals surface area contributed by atoms with Crippen molar-refractivity contribution in [3.63, 3.8) is 0 Å². The number of aromatic nitrogens is 1. The molecule has 0 radical (unpaired) electrons. The zero-order chi connectivity index (χ0) is 19.9. The van der Waals surface area contributed by atoms with Crippen molar-refractivity contribution in [2.45, 2.75) is 13.2 Å². The van der Waals surface area contributed by atoms with Crippen molar-refractivity contribution in [3.05, 3.63) is 70.2 Å². The molecule has 28 heavy (non-hydrogen) atoms. The molecule has 7 heteroatoms. The summed E-state index contributed by atoms with van der Waals surface area (Å²) in [7, 11) is 5.54. The lowest BCUT2D eigenvalue weighted by Gasteiger charge is -2.13. The van der Waals surface area contributed by atoms with Gasteiger partial charge in [0.1, 0.15) is 6.61 Å². The van der Waals surface area contributed by atoms with Gasteiger partial charge in [-0.15, -0.1) is 11.3 Å². The maximum atomic E-state index is 12.5. The summed E-state index contributed by atoms with van der Waals surface area (Å²) in [5.74, 6) is 0.922. The van der Waals surface area contributed by atoms with E-state index in [0.717, 1.165) is 16.9 Å². The predicted molar refractivity (Wildman–Crippen MR) is 111 cm³/mol. The molecule has 1 amide bonds. The SMILES string of the molecule is COc1cc(C(=O)NCc2ccc(N(C)C)cc2)ccc1OCc1cscn1. The first-order valence-electron chi connectivity index (χ1n) is 8.79. The summed E-state index contributed by atoms with van der Waals surface area (Å²) in [5, 5.41) is 4.86. The Balaban J connectivity index is 1.61. The highest BCUT2D eigenvalue weighted by Crippen LogP contribution is 2.29. The van der Waals surface area contributed by atoms with E-state index < -0.39 is 0 Å². The van der Waals surface area contributed by atoms with E-state index in [-0.39, 0.29) is 5.91 Å². The van der Waals surface area contributed by atoms with E-state index in [0.29, 0.717) is 30.2 Å². The highest BCUT2D eigenvalue weighted by atomic mass is 32.1. The van der Waals surface area contributed by atoms with Gasteiger partial charge in [-0.25, -0.2) is 4.98 Å². The summed E-state index contributed by atoms with van der Waals surface area (Å²) in [6.07, 6.45) is 0. The Bertz CT molecular complexity index is 909. The molecule has 0 bridgehead atoms. The molecule has 0 aliphatic heterocycles. The van der Waals surface area contributed by atoms with Crippen molar-refractivity contribution in [1.29, 1.82) is 0 Å². The third kappa shape index (κ3) is 5.01. The third-order valence-corrected chi connectivity index (χ3v) is 4.83. The number of ether oxygens (including phenoxy) is 2. The van der Waals surface area contributed by atoms with Gasteiger partial charge in [0.2, 0.25) is 0 Å². The molecule has 3 aromatic rings. The number of hydrogen-bond donors (Lipinski definition) is 1. The van der Waals surface area contributed by atoms with Gasteiger partial charge in [-0.3, -0.25) is 4.79 Å². The number of anilines is 1. The Kier molecular flexibility index (Phi) is 6.49. The topological polar surface area (TPSA) is 63.7 Å². The number of rotatable bonds is 8. The van der Waals surface area contributed by atoms with E-state index in [1.165, 1.54) is 11.3 Å². The first-order valence-corrected chi connectivity index (χ1v) is 9.73. The van der Waals surface area contributed by atoms with Gasteiger partial charge in [0, 0.05) is 37.3 Å². The highest BCUT2D eigenvalue weighted by molar-refractivity contribution is 7.07. The van der Waals surface area contributed by atoms with Crippen molar-refractivity contribution in [1.82, 2.24) is 10.3 Å². The Hall–Kier alpha value is -3.06. The predicted octanol–water partition coefficient (Wildman–Crippen LogP) is 3.73. The van der Waals surface area contributed by atoms with Crippen LogP contribution in [-0.4, -0.2) is 32.1 Å². The van der Waals surface area contributed by atoms with E-state index in [9.17, 15) is 4.79 Å². The number of nitrogens with zero attached hydrogens (tertiary/aromatic N) is 2. The Morgan fingerprint density at radius 1 is 1.14 bits per heavy atom. The van der Waals surface area contributed by atoms with Crippen LogP contribution in [0.2, 0.25) is 0 Å². The monoisotopic (exact) mass is 397 g/mol. The van der Waals surface area contributed by atoms with Crippen molar-refractivity contribution in [3.8, 4) is 11.5 Å². The fraction of sp³-hybridized carbons (Fsp3) is 0.238. The van der Waals surface area contributed by atoms with Crippen molar-refractivity contribution in [2.75, 3.05) is 26.1 Å². The summed E-state index contributed by atoms with van der Waals surface area (Å²) in [6, 6.07) is 13.2. The maximum absolute atomic E-state index is 12.5. The number of carbonyl (C=O) groups is 1. The number of amides is 1. The fourth-order valence-corrected chi connectivity index (χ4v) is 3.13. The van der Waals surface area contributed by atoms with Gasteiger partial charge in [-0.1, -0.05) is 12.1 Å². The van der Waals surface area contributed by atoms with Crippen LogP contribution in [0.15, 0.2) is 53.4 Å². The van der Waals surface area contributed by atoms with Crippen molar-refractivity contribution < 1.29 is 14.3 Å². The normalized spacial score (nSPS) is 10.4. The average Bonchev–Trinajstić information content (AvgIpc) is 3.24. The molecule has 1 aromatic heterocycles. The maximum Gasteiger partial charge on any atom is 0.251 e. The second-order valence-corrected chi connectivity index (χ2v) is 7.10. The molecule has 0 aliphatic carbocycles. The van der Waals surface area contributed by atoms with Gasteiger partial charge in [0.15, 0.2) is 11.5 Å². The second-order valence-electron chi connectivity index (χ2n) is 6.38. The highest BCUT2D eigenvalue weighted by Gasteiger charge is 2.12. The molecule has 0 saturated heterocycles. The molecule has 0 saturated carbocycles. The van der Waals surface area contributed by atoms with E-state index >= 15 is 0 Å². The first kappa shape index (κ1) is 19.7. The molecule has 1 heterocycles. The Labute approximate surface area is 168 Å². The van der Waals surface area contributed by atoms with Crippen LogP contribution < -0.4 is 19.7 Å². The second kappa shape index (κ2) is 9.23. The van der Waals surface area contributed by atoms with E-state index in [1.54, 1.807) is 30.8 Å². The summed E-state index contributed by atoms with van der Waals surface area (Å²) in [4.78, 5) is 18.7. The molecule has 2 aromatic carbocycles. The molecule has 0 spiro atoms. The Morgan fingerprint density at radius 2 is 1.93 bits per heavy atom. The molecule has 0 fully saturated rings. The van der Waals surface area contributed by atoms with Gasteiger partial charge < -0.3 is 19.7 Å². The quantitative estimate of drug-likeness (QED) is 0.628. The largest absolute Gasteiger partial charge is 0.493 e. The van der Waals surface area contributed by atoms with Crippen LogP contribution >= 0.6 is 11.3 Å². The molecule has 146 valence electrons. The van der Waals surface area contributed by atoms with E-state index in [4.69, 9.17) is 9.47 Å². The zero-order valence-electron chi connectivity index (χ0n) is 16.1. The van der Waals surface area contributed by atoms with Crippen LogP contribution in [-0.2, 0) is 13.2 Å². The van der Waals surface area contributed by atoms with Crippen molar-refractivity contribution in [2.24, 2.45) is 0 Å². The lowest BCUT2D eigenvalue weighted by Crippen LogP contribution is -2.22. The molecule has 0 atom stereocenters. The van der Waals surface area contributed by atoms with Crippen molar-refractivity contribution >= 4 is 22.9 Å². The number of carbonyl (C=O) groups excluding carboxylic acids is 1. The average molecular weight is 398 g/mol. The van der Waals surface area contributed by atoms with Gasteiger partial charge in [0.05, 0.1) is 18.3 Å². The van der Waals surface area contributed by atoms with Crippen LogP contribution in [0.5, 0.6) is 11.5 Å². The number of methoxy groups -OCH3 is 1. The van der Waals surface area contributed by atoms with E-state index in [2.05, 4.69) is 10.3 Å². The van der Waals surface area contributed by atoms with Crippen LogP contribution in [0.3, 0.4) is 0 Å². The molecule has 6 nitrogen and oxygen atoms in total. The zero-order valence-corrected chi connectivity index (χ0v) is 17.0. The first-order chi connectivity index (χ1) is 13.6. The minimum absolute atomic E-state index is 0.166.